The van der Waals surface area contributed by atoms with E-state index < -0.39 is 0 Å². The second-order valence-corrected chi connectivity index (χ2v) is 6.17. The maximum absolute atomic E-state index is 12.8. The highest BCUT2D eigenvalue weighted by molar-refractivity contribution is 7.71. The van der Waals surface area contributed by atoms with Gasteiger partial charge in [0.05, 0.1) is 16.9 Å². The molecule has 0 fully saturated rings. The molecule has 0 aliphatic rings. The van der Waals surface area contributed by atoms with E-state index in [0.717, 1.165) is 11.1 Å². The van der Waals surface area contributed by atoms with Crippen LogP contribution in [0.2, 0.25) is 0 Å². The van der Waals surface area contributed by atoms with Gasteiger partial charge in [-0.05, 0) is 44.0 Å². The molecule has 3 aromatic rings. The molecule has 1 heterocycles. The van der Waals surface area contributed by atoms with Crippen LogP contribution >= 0.6 is 12.2 Å². The Hall–Kier alpha value is -2.24. The molecule has 0 aliphatic heterocycles. The lowest BCUT2D eigenvalue weighted by atomic mass is 10.1. The molecule has 0 spiro atoms. The third-order valence-electron chi connectivity index (χ3n) is 4.05. The minimum Gasteiger partial charge on any atom is -0.332 e. The second-order valence-electron chi connectivity index (χ2n) is 5.78. The lowest BCUT2D eigenvalue weighted by Gasteiger charge is -2.25. The van der Waals surface area contributed by atoms with Crippen molar-refractivity contribution in [3.05, 3.63) is 75.3 Å². The molecule has 5 heteroatoms. The molecular formula is C18H19N3OS. The Morgan fingerprint density at radius 3 is 2.43 bits per heavy atom. The number of aromatic nitrogens is 2. The molecule has 0 saturated heterocycles. The smallest absolute Gasteiger partial charge is 0.262 e. The standard InChI is InChI=1S/C18H19N3OS/c1-20(2)16(13-8-4-3-5-9-13)12-21-17(22)14-10-6-7-11-15(14)19-18(21)23/h3-11,16H,12H2,1-2H3,(H,19,23)/t16-/m0/s1. The summed E-state index contributed by atoms with van der Waals surface area (Å²) in [6.45, 7) is 0.510. The molecule has 1 N–H and O–H groups in total. The molecule has 4 nitrogen and oxygen atoms in total. The summed E-state index contributed by atoms with van der Waals surface area (Å²) in [6.07, 6.45) is 0. The van der Waals surface area contributed by atoms with E-state index in [1.54, 1.807) is 4.57 Å². The average Bonchev–Trinajstić information content (AvgIpc) is 2.55. The number of nitrogens with one attached hydrogen (secondary N) is 1. The molecule has 118 valence electrons. The summed E-state index contributed by atoms with van der Waals surface area (Å²) in [5.41, 5.74) is 1.89. The van der Waals surface area contributed by atoms with E-state index >= 15 is 0 Å². The van der Waals surface area contributed by atoms with Crippen molar-refractivity contribution >= 4 is 23.1 Å². The fourth-order valence-electron chi connectivity index (χ4n) is 2.78. The van der Waals surface area contributed by atoms with Crippen LogP contribution in [0.4, 0.5) is 0 Å². The minimum absolute atomic E-state index is 0.0490. The largest absolute Gasteiger partial charge is 0.332 e. The van der Waals surface area contributed by atoms with E-state index in [1.165, 1.54) is 0 Å². The molecule has 0 saturated carbocycles. The number of likely N-dealkylation sites (N-methyl/N-ethyl adjacent to an activating group) is 1. The van der Waals surface area contributed by atoms with Crippen LogP contribution in [-0.2, 0) is 6.54 Å². The Morgan fingerprint density at radius 1 is 1.09 bits per heavy atom. The van der Waals surface area contributed by atoms with Gasteiger partial charge in [0.15, 0.2) is 4.77 Å². The summed E-state index contributed by atoms with van der Waals surface area (Å²) in [6, 6.07) is 17.7. The number of para-hydroxylation sites is 1. The maximum atomic E-state index is 12.8. The second kappa shape index (κ2) is 6.48. The predicted molar refractivity (Wildman–Crippen MR) is 96.3 cm³/mol. The van der Waals surface area contributed by atoms with Gasteiger partial charge in [-0.1, -0.05) is 42.5 Å². The van der Waals surface area contributed by atoms with E-state index in [2.05, 4.69) is 22.0 Å². The van der Waals surface area contributed by atoms with Gasteiger partial charge < -0.3 is 9.88 Å². The fourth-order valence-corrected chi connectivity index (χ4v) is 3.05. The number of rotatable bonds is 4. The molecular weight excluding hydrogens is 306 g/mol. The van der Waals surface area contributed by atoms with E-state index in [-0.39, 0.29) is 11.6 Å². The first-order valence-electron chi connectivity index (χ1n) is 7.51. The lowest BCUT2D eigenvalue weighted by Crippen LogP contribution is -2.31. The molecule has 1 aromatic heterocycles. The summed E-state index contributed by atoms with van der Waals surface area (Å²) in [7, 11) is 4.02. The Balaban J connectivity index is 2.10. The quantitative estimate of drug-likeness (QED) is 0.748. The van der Waals surface area contributed by atoms with Crippen LogP contribution in [0.15, 0.2) is 59.4 Å². The third kappa shape index (κ3) is 3.11. The topological polar surface area (TPSA) is 41.0 Å². The van der Waals surface area contributed by atoms with Crippen molar-refractivity contribution < 1.29 is 0 Å². The zero-order chi connectivity index (χ0) is 16.4. The van der Waals surface area contributed by atoms with Crippen LogP contribution in [0, 0.1) is 4.77 Å². The van der Waals surface area contributed by atoms with Gasteiger partial charge in [0.2, 0.25) is 0 Å². The lowest BCUT2D eigenvalue weighted by molar-refractivity contribution is 0.265. The van der Waals surface area contributed by atoms with Crippen molar-refractivity contribution in [2.45, 2.75) is 12.6 Å². The van der Waals surface area contributed by atoms with E-state index in [1.807, 2.05) is 56.6 Å². The van der Waals surface area contributed by atoms with E-state index in [4.69, 9.17) is 12.2 Å². The highest BCUT2D eigenvalue weighted by Crippen LogP contribution is 2.20. The number of benzene rings is 2. The zero-order valence-corrected chi connectivity index (χ0v) is 14.0. The Morgan fingerprint density at radius 2 is 1.74 bits per heavy atom. The van der Waals surface area contributed by atoms with Gasteiger partial charge in [-0.3, -0.25) is 9.36 Å². The molecule has 0 aliphatic carbocycles. The number of fused-ring (bicyclic) bond motifs is 1. The molecule has 23 heavy (non-hydrogen) atoms. The van der Waals surface area contributed by atoms with Crippen LogP contribution in [-0.4, -0.2) is 28.5 Å². The summed E-state index contributed by atoms with van der Waals surface area (Å²) in [5, 5.41) is 0.659. The number of hydrogen-bond donors (Lipinski definition) is 1. The first kappa shape index (κ1) is 15.6. The minimum atomic E-state index is -0.0490. The van der Waals surface area contributed by atoms with Crippen molar-refractivity contribution in [1.82, 2.24) is 14.5 Å². The van der Waals surface area contributed by atoms with Gasteiger partial charge in [0.25, 0.3) is 5.56 Å². The van der Waals surface area contributed by atoms with Crippen LogP contribution in [0.25, 0.3) is 10.9 Å². The van der Waals surface area contributed by atoms with Crippen molar-refractivity contribution in [3.8, 4) is 0 Å². The molecule has 0 unspecified atom stereocenters. The Kier molecular flexibility index (Phi) is 4.41. The van der Waals surface area contributed by atoms with E-state index in [9.17, 15) is 4.79 Å². The molecule has 3 rings (SSSR count). The molecule has 0 bridgehead atoms. The molecule has 0 amide bonds. The van der Waals surface area contributed by atoms with Crippen molar-refractivity contribution in [2.75, 3.05) is 14.1 Å². The molecule has 1 atom stereocenters. The SMILES string of the molecule is CN(C)[C@@H](Cn1c(=S)[nH]c2ccccc2c1=O)c1ccccc1. The maximum Gasteiger partial charge on any atom is 0.262 e. The highest BCUT2D eigenvalue weighted by atomic mass is 32.1. The van der Waals surface area contributed by atoms with Crippen LogP contribution in [0.3, 0.4) is 0 Å². The van der Waals surface area contributed by atoms with Crippen molar-refractivity contribution in [1.29, 1.82) is 0 Å². The van der Waals surface area contributed by atoms with Crippen molar-refractivity contribution in [2.24, 2.45) is 0 Å². The summed E-state index contributed by atoms with van der Waals surface area (Å²) < 4.78 is 2.10. The summed E-state index contributed by atoms with van der Waals surface area (Å²) in [5.74, 6) is 0. The van der Waals surface area contributed by atoms with Crippen LogP contribution < -0.4 is 5.56 Å². The first-order chi connectivity index (χ1) is 11.1. The summed E-state index contributed by atoms with van der Waals surface area (Å²) in [4.78, 5) is 18.1. The number of hydrogen-bond acceptors (Lipinski definition) is 3. The fraction of sp³-hybridized carbons (Fsp3) is 0.222. The Labute approximate surface area is 140 Å². The number of aromatic amines is 1. The van der Waals surface area contributed by atoms with Gasteiger partial charge in [0.1, 0.15) is 0 Å². The molecule has 2 aromatic carbocycles. The van der Waals surface area contributed by atoms with Gasteiger partial charge in [-0.15, -0.1) is 0 Å². The average molecular weight is 325 g/mol. The van der Waals surface area contributed by atoms with E-state index in [0.29, 0.717) is 16.7 Å². The number of nitrogens with zero attached hydrogens (tertiary/aromatic N) is 2. The third-order valence-corrected chi connectivity index (χ3v) is 4.38. The summed E-state index contributed by atoms with van der Waals surface area (Å²) >= 11 is 5.41. The van der Waals surface area contributed by atoms with Crippen molar-refractivity contribution in [3.63, 3.8) is 0 Å². The highest BCUT2D eigenvalue weighted by Gasteiger charge is 2.16. The normalized spacial score (nSPS) is 12.7. The van der Waals surface area contributed by atoms with Gasteiger partial charge in [-0.25, -0.2) is 0 Å². The molecule has 0 radical (unpaired) electrons. The van der Waals surface area contributed by atoms with Gasteiger partial charge >= 0.3 is 0 Å². The number of H-pyrrole nitrogens is 1. The zero-order valence-electron chi connectivity index (χ0n) is 13.2. The van der Waals surface area contributed by atoms with Gasteiger partial charge in [-0.2, -0.15) is 0 Å². The van der Waals surface area contributed by atoms with Crippen LogP contribution in [0.5, 0.6) is 0 Å². The first-order valence-corrected chi connectivity index (χ1v) is 7.92. The van der Waals surface area contributed by atoms with Gasteiger partial charge in [0, 0.05) is 6.54 Å². The predicted octanol–water partition coefficient (Wildman–Crippen LogP) is 3.36. The Bertz CT molecular complexity index is 928. The van der Waals surface area contributed by atoms with Crippen LogP contribution in [0.1, 0.15) is 11.6 Å². The monoisotopic (exact) mass is 325 g/mol.